The first-order valence-electron chi connectivity index (χ1n) is 10.2. The Hall–Kier alpha value is -2.50. The van der Waals surface area contributed by atoms with Crippen LogP contribution in [0.4, 0.5) is 0 Å². The maximum absolute atomic E-state index is 6.10. The molecule has 0 amide bonds. The number of ether oxygens (including phenoxy) is 2. The molecule has 4 aliphatic rings. The molecule has 0 saturated heterocycles. The molecule has 30 heavy (non-hydrogen) atoms. The van der Waals surface area contributed by atoms with Gasteiger partial charge in [-0.05, 0) is 67.3 Å². The summed E-state index contributed by atoms with van der Waals surface area (Å²) in [5.41, 5.74) is 3.55. The molecule has 152 valence electrons. The lowest BCUT2D eigenvalue weighted by Crippen LogP contribution is -2.42. The van der Waals surface area contributed by atoms with Crippen molar-refractivity contribution in [3.8, 4) is 11.5 Å². The highest BCUT2D eigenvalue weighted by molar-refractivity contribution is 8.03. The Morgan fingerprint density at radius 2 is 1.90 bits per heavy atom. The van der Waals surface area contributed by atoms with Gasteiger partial charge < -0.3 is 19.7 Å². The number of hydrogen-bond acceptors (Lipinski definition) is 5. The molecule has 6 heteroatoms. The molecular formula is C24H21ClN2O2S. The van der Waals surface area contributed by atoms with Crippen molar-refractivity contribution in [2.24, 2.45) is 5.92 Å². The minimum atomic E-state index is 0.158. The molecule has 3 heterocycles. The number of hydrogen-bond donors (Lipinski definition) is 1. The number of rotatable bonds is 5. The molecule has 0 radical (unpaired) electrons. The Morgan fingerprint density at radius 3 is 2.73 bits per heavy atom. The maximum atomic E-state index is 6.10. The van der Waals surface area contributed by atoms with Crippen LogP contribution < -0.4 is 14.8 Å². The van der Waals surface area contributed by atoms with Crippen molar-refractivity contribution in [3.63, 3.8) is 0 Å². The van der Waals surface area contributed by atoms with Gasteiger partial charge in [0.1, 0.15) is 6.17 Å². The quantitative estimate of drug-likeness (QED) is 0.657. The fourth-order valence-corrected chi connectivity index (χ4v) is 5.29. The van der Waals surface area contributed by atoms with Gasteiger partial charge >= 0.3 is 0 Å². The number of fused-ring (bicyclic) bond motifs is 2. The SMILES string of the molecule is Clc1ccc(SC2=C(c3ccc4c(c3)OCO4)NC3C2=CC=CN3CC2CC2)cc1. The first-order chi connectivity index (χ1) is 14.7. The minimum Gasteiger partial charge on any atom is -0.454 e. The summed E-state index contributed by atoms with van der Waals surface area (Å²) in [6.45, 7) is 1.38. The first-order valence-corrected chi connectivity index (χ1v) is 11.4. The largest absolute Gasteiger partial charge is 0.454 e. The first kappa shape index (κ1) is 18.3. The van der Waals surface area contributed by atoms with E-state index in [9.17, 15) is 0 Å². The van der Waals surface area contributed by atoms with Crippen LogP contribution in [0, 0.1) is 5.92 Å². The van der Waals surface area contributed by atoms with E-state index in [1.54, 1.807) is 11.8 Å². The molecule has 1 atom stereocenters. The summed E-state index contributed by atoms with van der Waals surface area (Å²) in [5.74, 6) is 2.42. The standard InChI is InChI=1S/C24H21ClN2O2S/c25-17-6-8-18(9-7-17)30-23-19-2-1-11-27(13-15-3-4-15)24(19)26-22(23)16-5-10-20-21(12-16)29-14-28-20/h1-2,5-12,15,24,26H,3-4,13-14H2. The predicted molar refractivity (Wildman–Crippen MR) is 120 cm³/mol. The second-order valence-corrected chi connectivity index (χ2v) is 9.50. The smallest absolute Gasteiger partial charge is 0.231 e. The van der Waals surface area contributed by atoms with E-state index < -0.39 is 0 Å². The third kappa shape index (κ3) is 3.36. The lowest BCUT2D eigenvalue weighted by atomic mass is 10.1. The average molecular weight is 437 g/mol. The fourth-order valence-electron chi connectivity index (χ4n) is 4.08. The zero-order valence-electron chi connectivity index (χ0n) is 16.3. The molecule has 1 fully saturated rings. The van der Waals surface area contributed by atoms with Crippen molar-refractivity contribution < 1.29 is 9.47 Å². The molecule has 4 nitrogen and oxygen atoms in total. The van der Waals surface area contributed by atoms with Crippen LogP contribution in [0.5, 0.6) is 11.5 Å². The Bertz CT molecular complexity index is 1090. The van der Waals surface area contributed by atoms with Gasteiger partial charge in [0.05, 0.1) is 5.70 Å². The molecule has 0 bridgehead atoms. The topological polar surface area (TPSA) is 33.7 Å². The van der Waals surface area contributed by atoms with Gasteiger partial charge in [-0.3, -0.25) is 0 Å². The number of halogens is 1. The maximum Gasteiger partial charge on any atom is 0.231 e. The van der Waals surface area contributed by atoms with Gasteiger partial charge in [-0.2, -0.15) is 0 Å². The van der Waals surface area contributed by atoms with E-state index >= 15 is 0 Å². The van der Waals surface area contributed by atoms with Gasteiger partial charge in [0.2, 0.25) is 6.79 Å². The van der Waals surface area contributed by atoms with Crippen molar-refractivity contribution in [1.29, 1.82) is 0 Å². The lowest BCUT2D eigenvalue weighted by Gasteiger charge is -2.32. The molecule has 1 unspecified atom stereocenters. The van der Waals surface area contributed by atoms with E-state index in [2.05, 4.69) is 52.8 Å². The van der Waals surface area contributed by atoms with E-state index in [-0.39, 0.29) is 13.0 Å². The number of benzene rings is 2. The van der Waals surface area contributed by atoms with E-state index in [0.29, 0.717) is 0 Å². The number of allylic oxidation sites excluding steroid dienone is 2. The molecule has 0 spiro atoms. The Morgan fingerprint density at radius 1 is 1.07 bits per heavy atom. The van der Waals surface area contributed by atoms with Crippen LogP contribution in [-0.4, -0.2) is 24.4 Å². The van der Waals surface area contributed by atoms with Crippen LogP contribution in [0.3, 0.4) is 0 Å². The number of thioether (sulfide) groups is 1. The molecule has 6 rings (SSSR count). The van der Waals surface area contributed by atoms with Gasteiger partial charge in [-0.15, -0.1) is 0 Å². The molecular weight excluding hydrogens is 416 g/mol. The molecule has 0 aromatic heterocycles. The molecule has 2 aromatic carbocycles. The van der Waals surface area contributed by atoms with Gasteiger partial charge in [0.25, 0.3) is 0 Å². The van der Waals surface area contributed by atoms with Crippen LogP contribution in [0.25, 0.3) is 5.70 Å². The zero-order chi connectivity index (χ0) is 20.1. The average Bonchev–Trinajstić information content (AvgIpc) is 3.32. The molecule has 1 saturated carbocycles. The van der Waals surface area contributed by atoms with Crippen molar-refractivity contribution in [2.75, 3.05) is 13.3 Å². The molecule has 1 N–H and O–H groups in total. The summed E-state index contributed by atoms with van der Waals surface area (Å²) in [4.78, 5) is 4.85. The predicted octanol–water partition coefficient (Wildman–Crippen LogP) is 5.62. The molecule has 3 aliphatic heterocycles. The summed E-state index contributed by atoms with van der Waals surface area (Å²) in [7, 11) is 0. The van der Waals surface area contributed by atoms with E-state index in [4.69, 9.17) is 21.1 Å². The number of nitrogens with zero attached hydrogens (tertiary/aromatic N) is 1. The Labute approximate surface area is 185 Å². The highest BCUT2D eigenvalue weighted by Crippen LogP contribution is 2.46. The van der Waals surface area contributed by atoms with Crippen molar-refractivity contribution in [1.82, 2.24) is 10.2 Å². The van der Waals surface area contributed by atoms with E-state index in [1.807, 2.05) is 18.2 Å². The van der Waals surface area contributed by atoms with E-state index in [1.165, 1.54) is 28.2 Å². The summed E-state index contributed by atoms with van der Waals surface area (Å²) in [6.07, 6.45) is 9.45. The van der Waals surface area contributed by atoms with Crippen LogP contribution in [0.15, 0.2) is 76.2 Å². The monoisotopic (exact) mass is 436 g/mol. The lowest BCUT2D eigenvalue weighted by molar-refractivity contribution is 0.174. The Balaban J connectivity index is 1.40. The van der Waals surface area contributed by atoms with Crippen LogP contribution >= 0.6 is 23.4 Å². The Kier molecular flexibility index (Phi) is 4.46. The van der Waals surface area contributed by atoms with E-state index in [0.717, 1.165) is 40.2 Å². The molecule has 2 aromatic rings. The highest BCUT2D eigenvalue weighted by atomic mass is 35.5. The normalized spacial score (nSPS) is 21.6. The van der Waals surface area contributed by atoms with Gasteiger partial charge in [-0.25, -0.2) is 0 Å². The van der Waals surface area contributed by atoms with Crippen molar-refractivity contribution in [2.45, 2.75) is 23.9 Å². The summed E-state index contributed by atoms with van der Waals surface area (Å²) in [5, 5.41) is 4.56. The summed E-state index contributed by atoms with van der Waals surface area (Å²) >= 11 is 7.88. The van der Waals surface area contributed by atoms with Gasteiger partial charge in [0, 0.05) is 38.7 Å². The zero-order valence-corrected chi connectivity index (χ0v) is 17.9. The highest BCUT2D eigenvalue weighted by Gasteiger charge is 2.37. The van der Waals surface area contributed by atoms with Crippen molar-refractivity contribution >= 4 is 29.1 Å². The second-order valence-electron chi connectivity index (χ2n) is 7.98. The van der Waals surface area contributed by atoms with Gasteiger partial charge in [0.15, 0.2) is 11.5 Å². The third-order valence-corrected chi connectivity index (χ3v) is 7.21. The molecule has 1 aliphatic carbocycles. The third-order valence-electron chi connectivity index (χ3n) is 5.81. The second kappa shape index (κ2) is 7.33. The van der Waals surface area contributed by atoms with Crippen molar-refractivity contribution in [3.05, 3.63) is 81.9 Å². The van der Waals surface area contributed by atoms with Crippen LogP contribution in [0.1, 0.15) is 18.4 Å². The number of nitrogens with one attached hydrogen (secondary N) is 1. The van der Waals surface area contributed by atoms with Crippen LogP contribution in [0.2, 0.25) is 5.02 Å². The fraction of sp³-hybridized carbons (Fsp3) is 0.250. The summed E-state index contributed by atoms with van der Waals surface area (Å²) in [6, 6.07) is 14.2. The summed E-state index contributed by atoms with van der Waals surface area (Å²) < 4.78 is 11.1. The van der Waals surface area contributed by atoms with Gasteiger partial charge in [-0.1, -0.05) is 29.4 Å². The minimum absolute atomic E-state index is 0.158. The van der Waals surface area contributed by atoms with Crippen LogP contribution in [-0.2, 0) is 0 Å².